The van der Waals surface area contributed by atoms with Crippen molar-refractivity contribution in [3.8, 4) is 0 Å². The molecule has 2 atom stereocenters. The van der Waals surface area contributed by atoms with E-state index >= 15 is 0 Å². The third kappa shape index (κ3) is 1.30. The first-order chi connectivity index (χ1) is 8.02. The Morgan fingerprint density at radius 2 is 2.35 bits per heavy atom. The van der Waals surface area contributed by atoms with Gasteiger partial charge in [-0.2, -0.15) is 5.10 Å². The number of aromatic nitrogens is 2. The van der Waals surface area contributed by atoms with Crippen LogP contribution in [0.3, 0.4) is 0 Å². The molecule has 0 bridgehead atoms. The van der Waals surface area contributed by atoms with Crippen molar-refractivity contribution in [2.75, 3.05) is 23.8 Å². The average Bonchev–Trinajstić information content (AvgIpc) is 2.72. The maximum Gasteiger partial charge on any atom is 0.234 e. The maximum absolute atomic E-state index is 12.3. The van der Waals surface area contributed by atoms with Gasteiger partial charge >= 0.3 is 0 Å². The minimum Gasteiger partial charge on any atom is -0.378 e. The topological polar surface area (TPSA) is 68.2 Å². The molecule has 0 aromatic carbocycles. The number of hydrogen-bond donors (Lipinski definition) is 2. The average molecular weight is 236 g/mol. The largest absolute Gasteiger partial charge is 0.378 e. The quantitative estimate of drug-likeness (QED) is 0.688. The molecule has 0 aliphatic carbocycles. The lowest BCUT2D eigenvalue weighted by molar-refractivity contribution is -0.124. The van der Waals surface area contributed by atoms with Crippen LogP contribution in [0.5, 0.6) is 0 Å². The molecule has 2 unspecified atom stereocenters. The SMILES string of the molecule is Cc1nn(C)c2c1NC(=O)C1(C)COCC1N2. The van der Waals surface area contributed by atoms with E-state index in [1.54, 1.807) is 4.68 Å². The molecule has 2 aliphatic heterocycles. The van der Waals surface area contributed by atoms with Crippen LogP contribution < -0.4 is 10.6 Å². The summed E-state index contributed by atoms with van der Waals surface area (Å²) in [6.45, 7) is 4.83. The molecular weight excluding hydrogens is 220 g/mol. The Balaban J connectivity index is 2.10. The van der Waals surface area contributed by atoms with Gasteiger partial charge in [0.25, 0.3) is 0 Å². The smallest absolute Gasteiger partial charge is 0.234 e. The summed E-state index contributed by atoms with van der Waals surface area (Å²) in [7, 11) is 1.86. The molecule has 2 aliphatic rings. The lowest BCUT2D eigenvalue weighted by atomic mass is 9.84. The summed E-state index contributed by atoms with van der Waals surface area (Å²) >= 11 is 0. The van der Waals surface area contributed by atoms with Crippen LogP contribution in [-0.4, -0.2) is 34.9 Å². The highest BCUT2D eigenvalue weighted by Gasteiger charge is 2.49. The van der Waals surface area contributed by atoms with Crippen LogP contribution in [0, 0.1) is 12.3 Å². The van der Waals surface area contributed by atoms with E-state index in [9.17, 15) is 4.79 Å². The molecule has 17 heavy (non-hydrogen) atoms. The molecule has 92 valence electrons. The van der Waals surface area contributed by atoms with Gasteiger partial charge in [-0.25, -0.2) is 0 Å². The Labute approximate surface area is 99.3 Å². The molecular formula is C11H16N4O2. The van der Waals surface area contributed by atoms with Crippen molar-refractivity contribution in [3.05, 3.63) is 5.69 Å². The number of aryl methyl sites for hydroxylation is 2. The van der Waals surface area contributed by atoms with E-state index in [1.165, 1.54) is 0 Å². The number of fused-ring (bicyclic) bond motifs is 2. The first-order valence-electron chi connectivity index (χ1n) is 5.72. The van der Waals surface area contributed by atoms with Crippen LogP contribution >= 0.6 is 0 Å². The fourth-order valence-electron chi connectivity index (χ4n) is 2.49. The van der Waals surface area contributed by atoms with Crippen molar-refractivity contribution in [1.29, 1.82) is 0 Å². The van der Waals surface area contributed by atoms with E-state index < -0.39 is 5.41 Å². The Hall–Kier alpha value is -1.56. The van der Waals surface area contributed by atoms with E-state index in [0.29, 0.717) is 13.2 Å². The first-order valence-corrected chi connectivity index (χ1v) is 5.72. The fraction of sp³-hybridized carbons (Fsp3) is 0.636. The first kappa shape index (κ1) is 10.6. The van der Waals surface area contributed by atoms with Crippen molar-refractivity contribution >= 4 is 17.4 Å². The highest BCUT2D eigenvalue weighted by atomic mass is 16.5. The lowest BCUT2D eigenvalue weighted by Crippen LogP contribution is -2.44. The van der Waals surface area contributed by atoms with Gasteiger partial charge in [0.05, 0.1) is 30.4 Å². The fourth-order valence-corrected chi connectivity index (χ4v) is 2.49. The van der Waals surface area contributed by atoms with Gasteiger partial charge in [-0.3, -0.25) is 9.48 Å². The van der Waals surface area contributed by atoms with Gasteiger partial charge in [-0.15, -0.1) is 0 Å². The minimum atomic E-state index is -0.508. The molecule has 0 spiro atoms. The second kappa shape index (κ2) is 3.22. The highest BCUT2D eigenvalue weighted by Crippen LogP contribution is 2.38. The third-order valence-electron chi connectivity index (χ3n) is 3.75. The molecule has 3 rings (SSSR count). The van der Waals surface area contributed by atoms with Gasteiger partial charge < -0.3 is 15.4 Å². The number of carbonyl (C=O) groups excluding carboxylic acids is 1. The number of carbonyl (C=O) groups is 1. The molecule has 1 fully saturated rings. The van der Waals surface area contributed by atoms with Crippen molar-refractivity contribution in [1.82, 2.24) is 9.78 Å². The standard InChI is InChI=1S/C11H16N4O2/c1-6-8-9(15(3)14-6)12-7-4-17-5-11(7,2)10(16)13-8/h7,12H,4-5H2,1-3H3,(H,13,16). The summed E-state index contributed by atoms with van der Waals surface area (Å²) in [6, 6.07) is -0.00134. The molecule has 3 heterocycles. The number of nitrogens with zero attached hydrogens (tertiary/aromatic N) is 2. The highest BCUT2D eigenvalue weighted by molar-refractivity contribution is 6.00. The molecule has 1 amide bonds. The summed E-state index contributed by atoms with van der Waals surface area (Å²) in [5.41, 5.74) is 1.10. The van der Waals surface area contributed by atoms with Crippen molar-refractivity contribution in [3.63, 3.8) is 0 Å². The van der Waals surface area contributed by atoms with E-state index in [2.05, 4.69) is 15.7 Å². The van der Waals surface area contributed by atoms with Crippen molar-refractivity contribution in [2.24, 2.45) is 12.5 Å². The summed E-state index contributed by atoms with van der Waals surface area (Å²) in [5.74, 6) is 0.859. The summed E-state index contributed by atoms with van der Waals surface area (Å²) in [4.78, 5) is 12.3. The van der Waals surface area contributed by atoms with Crippen LogP contribution in [0.1, 0.15) is 12.6 Å². The van der Waals surface area contributed by atoms with Gasteiger partial charge in [0, 0.05) is 7.05 Å². The Morgan fingerprint density at radius 1 is 1.59 bits per heavy atom. The molecule has 0 radical (unpaired) electrons. The summed E-state index contributed by atoms with van der Waals surface area (Å²) in [6.07, 6.45) is 0. The molecule has 2 N–H and O–H groups in total. The zero-order valence-electron chi connectivity index (χ0n) is 10.2. The zero-order valence-corrected chi connectivity index (χ0v) is 10.2. The predicted octanol–water partition coefficient (Wildman–Crippen LogP) is 0.498. The molecule has 6 heteroatoms. The van der Waals surface area contributed by atoms with Gasteiger partial charge in [-0.1, -0.05) is 0 Å². The van der Waals surface area contributed by atoms with Crippen LogP contribution in [-0.2, 0) is 16.6 Å². The van der Waals surface area contributed by atoms with Crippen molar-refractivity contribution in [2.45, 2.75) is 19.9 Å². The van der Waals surface area contributed by atoms with E-state index in [4.69, 9.17) is 4.74 Å². The van der Waals surface area contributed by atoms with Gasteiger partial charge in [0.15, 0.2) is 0 Å². The van der Waals surface area contributed by atoms with Gasteiger partial charge in [-0.05, 0) is 13.8 Å². The van der Waals surface area contributed by atoms with Gasteiger partial charge in [0.2, 0.25) is 5.91 Å². The number of ether oxygens (including phenoxy) is 1. The summed E-state index contributed by atoms with van der Waals surface area (Å²) < 4.78 is 7.19. The predicted molar refractivity (Wildman–Crippen MR) is 62.9 cm³/mol. The van der Waals surface area contributed by atoms with Crippen LogP contribution in [0.4, 0.5) is 11.5 Å². The van der Waals surface area contributed by atoms with E-state index in [1.807, 2.05) is 20.9 Å². The van der Waals surface area contributed by atoms with E-state index in [-0.39, 0.29) is 11.9 Å². The minimum absolute atomic E-state index is 0.00134. The Kier molecular flexibility index (Phi) is 2.01. The normalized spacial score (nSPS) is 31.2. The van der Waals surface area contributed by atoms with E-state index in [0.717, 1.165) is 17.2 Å². The molecule has 1 saturated heterocycles. The Bertz CT molecular complexity index is 496. The third-order valence-corrected chi connectivity index (χ3v) is 3.75. The number of rotatable bonds is 0. The monoisotopic (exact) mass is 236 g/mol. The van der Waals surface area contributed by atoms with Gasteiger partial charge in [0.1, 0.15) is 11.5 Å². The zero-order chi connectivity index (χ0) is 12.2. The van der Waals surface area contributed by atoms with Crippen LogP contribution in [0.15, 0.2) is 0 Å². The maximum atomic E-state index is 12.3. The van der Waals surface area contributed by atoms with Crippen molar-refractivity contribution < 1.29 is 9.53 Å². The number of amides is 1. The van der Waals surface area contributed by atoms with Crippen LogP contribution in [0.25, 0.3) is 0 Å². The molecule has 0 saturated carbocycles. The molecule has 1 aromatic heterocycles. The molecule has 1 aromatic rings. The number of nitrogens with one attached hydrogen (secondary N) is 2. The van der Waals surface area contributed by atoms with Crippen LogP contribution in [0.2, 0.25) is 0 Å². The lowest BCUT2D eigenvalue weighted by Gasteiger charge is -2.25. The molecule has 6 nitrogen and oxygen atoms in total. The second-order valence-corrected chi connectivity index (χ2v) is 5.02. The second-order valence-electron chi connectivity index (χ2n) is 5.02. The summed E-state index contributed by atoms with van der Waals surface area (Å²) in [5, 5.41) is 10.6. The Morgan fingerprint density at radius 3 is 3.12 bits per heavy atom. The number of anilines is 2. The number of hydrogen-bond acceptors (Lipinski definition) is 4.